The fourth-order valence-electron chi connectivity index (χ4n) is 2.06. The maximum atomic E-state index is 10.2. The van der Waals surface area contributed by atoms with Gasteiger partial charge in [-0.1, -0.05) is 18.2 Å². The summed E-state index contributed by atoms with van der Waals surface area (Å²) in [5, 5.41) is 10.2. The first-order valence-electron chi connectivity index (χ1n) is 5.35. The highest BCUT2D eigenvalue weighted by Crippen LogP contribution is 2.27. The van der Waals surface area contributed by atoms with E-state index in [4.69, 9.17) is 4.74 Å². The normalized spacial score (nSPS) is 16.1. The molecule has 1 aromatic heterocycles. The number of aliphatic hydroxyl groups excluding tert-OH is 1. The van der Waals surface area contributed by atoms with Crippen molar-refractivity contribution in [3.8, 4) is 0 Å². The molecule has 16 heavy (non-hydrogen) atoms. The Morgan fingerprint density at radius 2 is 2.00 bits per heavy atom. The molecule has 1 unspecified atom stereocenters. The average molecular weight is 215 g/mol. The predicted molar refractivity (Wildman–Crippen MR) is 59.8 cm³/mol. The van der Waals surface area contributed by atoms with Crippen LogP contribution in [0.3, 0.4) is 0 Å². The smallest absolute Gasteiger partial charge is 0.106 e. The molecule has 0 amide bonds. The lowest BCUT2D eigenvalue weighted by molar-refractivity contribution is 0.134. The summed E-state index contributed by atoms with van der Waals surface area (Å²) in [4.78, 5) is 2.95. The summed E-state index contributed by atoms with van der Waals surface area (Å²) >= 11 is 0. The number of rotatable bonds is 2. The van der Waals surface area contributed by atoms with Gasteiger partial charge in [-0.25, -0.2) is 0 Å². The van der Waals surface area contributed by atoms with E-state index < -0.39 is 6.10 Å². The predicted octanol–water partition coefficient (Wildman–Crippen LogP) is 2.13. The maximum Gasteiger partial charge on any atom is 0.106 e. The highest BCUT2D eigenvalue weighted by atomic mass is 16.5. The summed E-state index contributed by atoms with van der Waals surface area (Å²) in [6.07, 6.45) is 3.07. The average Bonchev–Trinajstić information content (AvgIpc) is 2.98. The Balaban J connectivity index is 1.95. The third-order valence-electron chi connectivity index (χ3n) is 3.00. The molecule has 0 saturated heterocycles. The second kappa shape index (κ2) is 3.77. The molecule has 0 saturated carbocycles. The molecule has 0 aliphatic carbocycles. The van der Waals surface area contributed by atoms with Crippen LogP contribution in [0.2, 0.25) is 0 Å². The van der Waals surface area contributed by atoms with E-state index in [1.807, 2.05) is 36.7 Å². The van der Waals surface area contributed by atoms with Crippen molar-refractivity contribution in [2.75, 3.05) is 0 Å². The highest BCUT2D eigenvalue weighted by molar-refractivity contribution is 5.37. The van der Waals surface area contributed by atoms with Crippen LogP contribution in [0.25, 0.3) is 0 Å². The number of hydrogen-bond acceptors (Lipinski definition) is 2. The zero-order valence-electron chi connectivity index (χ0n) is 8.81. The van der Waals surface area contributed by atoms with E-state index in [2.05, 4.69) is 4.98 Å². The number of fused-ring (bicyclic) bond motifs is 1. The number of nitrogens with one attached hydrogen (secondary N) is 1. The van der Waals surface area contributed by atoms with Gasteiger partial charge in [0.15, 0.2) is 0 Å². The van der Waals surface area contributed by atoms with Gasteiger partial charge >= 0.3 is 0 Å². The van der Waals surface area contributed by atoms with Crippen LogP contribution in [0.5, 0.6) is 0 Å². The lowest BCUT2D eigenvalue weighted by Crippen LogP contribution is -1.99. The van der Waals surface area contributed by atoms with Gasteiger partial charge in [-0.3, -0.25) is 0 Å². The fourth-order valence-corrected chi connectivity index (χ4v) is 2.06. The second-order valence-electron chi connectivity index (χ2n) is 4.07. The topological polar surface area (TPSA) is 45.2 Å². The van der Waals surface area contributed by atoms with Crippen LogP contribution in [0.15, 0.2) is 36.7 Å². The van der Waals surface area contributed by atoms with Gasteiger partial charge in [0.25, 0.3) is 0 Å². The molecule has 2 N–H and O–H groups in total. The van der Waals surface area contributed by atoms with Crippen LogP contribution in [-0.2, 0) is 18.0 Å². The molecule has 1 aliphatic rings. The molecular weight excluding hydrogens is 202 g/mol. The van der Waals surface area contributed by atoms with Crippen molar-refractivity contribution in [3.63, 3.8) is 0 Å². The van der Waals surface area contributed by atoms with Gasteiger partial charge in [0.1, 0.15) is 6.10 Å². The summed E-state index contributed by atoms with van der Waals surface area (Å²) in [5.41, 5.74) is 4.22. The summed E-state index contributed by atoms with van der Waals surface area (Å²) < 4.78 is 5.35. The van der Waals surface area contributed by atoms with Crippen LogP contribution >= 0.6 is 0 Å². The van der Waals surface area contributed by atoms with Crippen LogP contribution in [0.1, 0.15) is 28.4 Å². The Morgan fingerprint density at radius 3 is 2.81 bits per heavy atom. The van der Waals surface area contributed by atoms with Gasteiger partial charge in [-0.15, -0.1) is 0 Å². The minimum atomic E-state index is -0.558. The summed E-state index contributed by atoms with van der Waals surface area (Å²) in [7, 11) is 0. The van der Waals surface area contributed by atoms with Crippen molar-refractivity contribution in [1.82, 2.24) is 4.98 Å². The van der Waals surface area contributed by atoms with E-state index >= 15 is 0 Å². The third kappa shape index (κ3) is 1.54. The first-order chi connectivity index (χ1) is 7.84. The molecule has 2 heterocycles. The third-order valence-corrected chi connectivity index (χ3v) is 3.00. The molecule has 1 atom stereocenters. The molecule has 0 bridgehead atoms. The van der Waals surface area contributed by atoms with Crippen molar-refractivity contribution in [1.29, 1.82) is 0 Å². The van der Waals surface area contributed by atoms with Crippen molar-refractivity contribution in [2.45, 2.75) is 19.3 Å². The zero-order valence-corrected chi connectivity index (χ0v) is 8.81. The first-order valence-corrected chi connectivity index (χ1v) is 5.35. The van der Waals surface area contributed by atoms with Crippen molar-refractivity contribution in [3.05, 3.63) is 58.9 Å². The minimum absolute atomic E-state index is 0.558. The fraction of sp³-hybridized carbons (Fsp3) is 0.231. The molecule has 2 aromatic rings. The zero-order chi connectivity index (χ0) is 11.0. The van der Waals surface area contributed by atoms with Gasteiger partial charge in [-0.2, -0.15) is 0 Å². The van der Waals surface area contributed by atoms with E-state index in [9.17, 15) is 5.11 Å². The highest BCUT2D eigenvalue weighted by Gasteiger charge is 2.15. The lowest BCUT2D eigenvalue weighted by Gasteiger charge is -2.10. The van der Waals surface area contributed by atoms with Gasteiger partial charge in [0.2, 0.25) is 0 Å². The Labute approximate surface area is 93.7 Å². The second-order valence-corrected chi connectivity index (χ2v) is 4.07. The Hall–Kier alpha value is -1.58. The van der Waals surface area contributed by atoms with Gasteiger partial charge in [0.05, 0.1) is 13.2 Å². The van der Waals surface area contributed by atoms with Crippen LogP contribution in [0.4, 0.5) is 0 Å². The summed E-state index contributed by atoms with van der Waals surface area (Å²) in [6.45, 7) is 1.35. The van der Waals surface area contributed by atoms with Crippen LogP contribution in [0, 0.1) is 0 Å². The molecule has 82 valence electrons. The SMILES string of the molecule is OC(c1cc[nH]c1)c1ccc2c(c1)COC2. The van der Waals surface area contributed by atoms with Gasteiger partial charge in [0, 0.05) is 18.0 Å². The number of aromatic nitrogens is 1. The van der Waals surface area contributed by atoms with Gasteiger partial charge in [-0.05, 0) is 22.8 Å². The number of benzene rings is 1. The number of H-pyrrole nitrogens is 1. The molecule has 0 radical (unpaired) electrons. The molecule has 1 aliphatic heterocycles. The Kier molecular flexibility index (Phi) is 2.27. The summed E-state index contributed by atoms with van der Waals surface area (Å²) in [5.74, 6) is 0. The molecule has 3 heteroatoms. The minimum Gasteiger partial charge on any atom is -0.384 e. The van der Waals surface area contributed by atoms with E-state index in [1.54, 1.807) is 0 Å². The van der Waals surface area contributed by atoms with E-state index in [0.717, 1.165) is 11.1 Å². The molecule has 0 fully saturated rings. The quantitative estimate of drug-likeness (QED) is 0.806. The Bertz CT molecular complexity index is 491. The molecule has 1 aromatic carbocycles. The number of hydrogen-bond donors (Lipinski definition) is 2. The van der Waals surface area contributed by atoms with Crippen molar-refractivity contribution >= 4 is 0 Å². The van der Waals surface area contributed by atoms with Crippen molar-refractivity contribution in [2.24, 2.45) is 0 Å². The van der Waals surface area contributed by atoms with Crippen molar-refractivity contribution < 1.29 is 9.84 Å². The van der Waals surface area contributed by atoms with Crippen LogP contribution in [-0.4, -0.2) is 10.1 Å². The number of aliphatic hydroxyl groups is 1. The molecular formula is C13H13NO2. The first kappa shape index (κ1) is 9.63. The Morgan fingerprint density at radius 1 is 1.12 bits per heavy atom. The van der Waals surface area contributed by atoms with E-state index in [1.165, 1.54) is 11.1 Å². The number of ether oxygens (including phenoxy) is 1. The molecule has 3 rings (SSSR count). The number of aromatic amines is 1. The van der Waals surface area contributed by atoms with E-state index in [0.29, 0.717) is 13.2 Å². The summed E-state index contributed by atoms with van der Waals surface area (Å²) in [6, 6.07) is 7.91. The van der Waals surface area contributed by atoms with Crippen LogP contribution < -0.4 is 0 Å². The standard InChI is InChI=1S/C13H13NO2/c15-13(10-3-4-14-6-10)9-1-2-11-7-16-8-12(11)5-9/h1-6,13-15H,7-8H2. The van der Waals surface area contributed by atoms with E-state index in [-0.39, 0.29) is 0 Å². The largest absolute Gasteiger partial charge is 0.384 e. The van der Waals surface area contributed by atoms with Gasteiger partial charge < -0.3 is 14.8 Å². The maximum absolute atomic E-state index is 10.2. The lowest BCUT2D eigenvalue weighted by atomic mass is 10.00. The molecule has 0 spiro atoms. The molecule has 3 nitrogen and oxygen atoms in total. The monoisotopic (exact) mass is 215 g/mol.